The van der Waals surface area contributed by atoms with Crippen molar-refractivity contribution in [3.05, 3.63) is 60.3 Å². The zero-order chi connectivity index (χ0) is 11.7. The molecule has 0 saturated heterocycles. The zero-order valence-corrected chi connectivity index (χ0v) is 9.59. The number of imidazole rings is 1. The van der Waals surface area contributed by atoms with E-state index in [1.807, 2.05) is 30.6 Å². The van der Waals surface area contributed by atoms with E-state index in [0.717, 1.165) is 11.2 Å². The first-order valence-corrected chi connectivity index (χ1v) is 5.68. The smallest absolute Gasteiger partial charge is 0.0923 e. The van der Waals surface area contributed by atoms with Gasteiger partial charge in [0.15, 0.2) is 0 Å². The predicted molar refractivity (Wildman–Crippen MR) is 67.8 cm³/mol. The molecule has 0 fully saturated rings. The van der Waals surface area contributed by atoms with Gasteiger partial charge in [-0.3, -0.25) is 4.98 Å². The van der Waals surface area contributed by atoms with Gasteiger partial charge in [0, 0.05) is 23.7 Å². The number of fused-ring (bicyclic) bond motifs is 1. The molecule has 1 N–H and O–H groups in total. The molecule has 84 valence electrons. The van der Waals surface area contributed by atoms with Gasteiger partial charge in [0.25, 0.3) is 0 Å². The maximum atomic E-state index is 4.38. The van der Waals surface area contributed by atoms with Crippen molar-refractivity contribution in [1.29, 1.82) is 0 Å². The number of H-pyrrole nitrogens is 1. The van der Waals surface area contributed by atoms with Crippen LogP contribution >= 0.6 is 0 Å². The number of hydrogen-bond donors (Lipinski definition) is 1. The lowest BCUT2D eigenvalue weighted by Gasteiger charge is -2.11. The van der Waals surface area contributed by atoms with Crippen LogP contribution in [0.1, 0.15) is 24.1 Å². The van der Waals surface area contributed by atoms with Crippen LogP contribution in [-0.4, -0.2) is 15.0 Å². The van der Waals surface area contributed by atoms with Gasteiger partial charge in [0.2, 0.25) is 0 Å². The molecule has 0 spiro atoms. The van der Waals surface area contributed by atoms with E-state index in [2.05, 4.69) is 34.0 Å². The van der Waals surface area contributed by atoms with Gasteiger partial charge in [-0.1, -0.05) is 25.1 Å². The van der Waals surface area contributed by atoms with Gasteiger partial charge in [0.05, 0.1) is 17.5 Å². The Morgan fingerprint density at radius 2 is 2.00 bits per heavy atom. The van der Waals surface area contributed by atoms with Gasteiger partial charge >= 0.3 is 0 Å². The van der Waals surface area contributed by atoms with Gasteiger partial charge in [-0.05, 0) is 17.7 Å². The van der Waals surface area contributed by atoms with Crippen LogP contribution in [0.25, 0.3) is 10.9 Å². The molecule has 3 heteroatoms. The Morgan fingerprint density at radius 3 is 2.82 bits per heavy atom. The average molecular weight is 223 g/mol. The topological polar surface area (TPSA) is 41.6 Å². The minimum atomic E-state index is 0.272. The molecule has 0 aliphatic heterocycles. The summed E-state index contributed by atoms with van der Waals surface area (Å²) in [7, 11) is 0. The fraction of sp³-hybridized carbons (Fsp3) is 0.143. The molecule has 0 aliphatic rings. The van der Waals surface area contributed by atoms with Crippen LogP contribution in [0.2, 0.25) is 0 Å². The zero-order valence-electron chi connectivity index (χ0n) is 9.59. The Hall–Kier alpha value is -2.16. The highest BCUT2D eigenvalue weighted by atomic mass is 14.9. The largest absolute Gasteiger partial charge is 0.351 e. The number of aromatic amines is 1. The van der Waals surface area contributed by atoms with E-state index < -0.39 is 0 Å². The number of pyridine rings is 1. The van der Waals surface area contributed by atoms with Crippen LogP contribution in [0.3, 0.4) is 0 Å². The molecular weight excluding hydrogens is 210 g/mol. The first-order chi connectivity index (χ1) is 8.36. The van der Waals surface area contributed by atoms with Crippen LogP contribution in [0.5, 0.6) is 0 Å². The quantitative estimate of drug-likeness (QED) is 0.725. The van der Waals surface area contributed by atoms with Gasteiger partial charge in [-0.2, -0.15) is 0 Å². The molecular formula is C14H13N3. The third-order valence-electron chi connectivity index (χ3n) is 3.11. The number of benzene rings is 1. The SMILES string of the molecule is CC(c1c[nH]cn1)c1ccnc2ccccc12. The Kier molecular flexibility index (Phi) is 2.37. The number of nitrogens with one attached hydrogen (secondary N) is 1. The van der Waals surface area contributed by atoms with Crippen molar-refractivity contribution < 1.29 is 0 Å². The van der Waals surface area contributed by atoms with E-state index in [1.165, 1.54) is 10.9 Å². The molecule has 3 nitrogen and oxygen atoms in total. The molecule has 2 aromatic heterocycles. The Morgan fingerprint density at radius 1 is 1.12 bits per heavy atom. The molecule has 3 rings (SSSR count). The number of aromatic nitrogens is 3. The summed E-state index contributed by atoms with van der Waals surface area (Å²) in [5.41, 5.74) is 3.36. The number of rotatable bonds is 2. The second kappa shape index (κ2) is 4.01. The summed E-state index contributed by atoms with van der Waals surface area (Å²) in [6.45, 7) is 2.16. The van der Waals surface area contributed by atoms with Crippen LogP contribution < -0.4 is 0 Å². The summed E-state index contributed by atoms with van der Waals surface area (Å²) in [6.07, 6.45) is 5.52. The molecule has 0 radical (unpaired) electrons. The standard InChI is InChI=1S/C14H13N3/c1-10(14-8-15-9-17-14)11-6-7-16-13-5-3-2-4-12(11)13/h2-10H,1H3,(H,15,17). The number of nitrogens with zero attached hydrogens (tertiary/aromatic N) is 2. The van der Waals surface area contributed by atoms with E-state index >= 15 is 0 Å². The van der Waals surface area contributed by atoms with Crippen molar-refractivity contribution in [2.45, 2.75) is 12.8 Å². The third-order valence-corrected chi connectivity index (χ3v) is 3.11. The highest BCUT2D eigenvalue weighted by Gasteiger charge is 2.13. The highest BCUT2D eigenvalue weighted by molar-refractivity contribution is 5.82. The summed E-state index contributed by atoms with van der Waals surface area (Å²) in [4.78, 5) is 11.7. The molecule has 0 bridgehead atoms. The molecule has 0 aliphatic carbocycles. The lowest BCUT2D eigenvalue weighted by Crippen LogP contribution is -1.98. The van der Waals surface area contributed by atoms with E-state index in [1.54, 1.807) is 6.33 Å². The lowest BCUT2D eigenvalue weighted by molar-refractivity contribution is 0.890. The van der Waals surface area contributed by atoms with Crippen LogP contribution in [-0.2, 0) is 0 Å². The highest BCUT2D eigenvalue weighted by Crippen LogP contribution is 2.27. The van der Waals surface area contributed by atoms with E-state index in [0.29, 0.717) is 0 Å². The van der Waals surface area contributed by atoms with Crippen LogP contribution in [0, 0.1) is 0 Å². The lowest BCUT2D eigenvalue weighted by atomic mass is 9.95. The van der Waals surface area contributed by atoms with Gasteiger partial charge in [-0.25, -0.2) is 4.98 Å². The summed E-state index contributed by atoms with van der Waals surface area (Å²) in [5, 5.41) is 1.20. The van der Waals surface area contributed by atoms with Crippen molar-refractivity contribution in [1.82, 2.24) is 15.0 Å². The summed E-state index contributed by atoms with van der Waals surface area (Å²) < 4.78 is 0. The van der Waals surface area contributed by atoms with E-state index in [9.17, 15) is 0 Å². The normalized spacial score (nSPS) is 12.8. The first kappa shape index (κ1) is 10.0. The van der Waals surface area contributed by atoms with Crippen molar-refractivity contribution in [2.24, 2.45) is 0 Å². The van der Waals surface area contributed by atoms with E-state index in [4.69, 9.17) is 0 Å². The Balaban J connectivity index is 2.17. The maximum Gasteiger partial charge on any atom is 0.0923 e. The Bertz CT molecular complexity index is 624. The fourth-order valence-electron chi connectivity index (χ4n) is 2.16. The van der Waals surface area contributed by atoms with Gasteiger partial charge < -0.3 is 4.98 Å². The first-order valence-electron chi connectivity index (χ1n) is 5.68. The monoisotopic (exact) mass is 223 g/mol. The minimum Gasteiger partial charge on any atom is -0.351 e. The van der Waals surface area contributed by atoms with Gasteiger partial charge in [-0.15, -0.1) is 0 Å². The van der Waals surface area contributed by atoms with Crippen LogP contribution in [0.15, 0.2) is 49.1 Å². The molecule has 1 unspecified atom stereocenters. The average Bonchev–Trinajstić information content (AvgIpc) is 2.91. The third kappa shape index (κ3) is 1.69. The number of hydrogen-bond acceptors (Lipinski definition) is 2. The molecule has 0 amide bonds. The summed E-state index contributed by atoms with van der Waals surface area (Å²) >= 11 is 0. The summed E-state index contributed by atoms with van der Waals surface area (Å²) in [5.74, 6) is 0.272. The molecule has 17 heavy (non-hydrogen) atoms. The summed E-state index contributed by atoms with van der Waals surface area (Å²) in [6, 6.07) is 10.3. The molecule has 1 aromatic carbocycles. The molecule has 0 saturated carbocycles. The van der Waals surface area contributed by atoms with Crippen molar-refractivity contribution >= 4 is 10.9 Å². The van der Waals surface area contributed by atoms with E-state index in [-0.39, 0.29) is 5.92 Å². The Labute approximate surface area is 99.5 Å². The predicted octanol–water partition coefficient (Wildman–Crippen LogP) is 3.11. The van der Waals surface area contributed by atoms with Gasteiger partial charge in [0.1, 0.15) is 0 Å². The second-order valence-corrected chi connectivity index (χ2v) is 4.13. The molecule has 1 atom stereocenters. The van der Waals surface area contributed by atoms with Crippen molar-refractivity contribution in [3.8, 4) is 0 Å². The second-order valence-electron chi connectivity index (χ2n) is 4.13. The number of para-hydroxylation sites is 1. The molecule has 3 aromatic rings. The van der Waals surface area contributed by atoms with Crippen molar-refractivity contribution in [2.75, 3.05) is 0 Å². The van der Waals surface area contributed by atoms with Crippen LogP contribution in [0.4, 0.5) is 0 Å². The van der Waals surface area contributed by atoms with Crippen molar-refractivity contribution in [3.63, 3.8) is 0 Å². The maximum absolute atomic E-state index is 4.38. The molecule has 2 heterocycles. The fourth-order valence-corrected chi connectivity index (χ4v) is 2.16. The minimum absolute atomic E-state index is 0.272.